The number of hydrogen-bond donors (Lipinski definition) is 0. The van der Waals surface area contributed by atoms with Crippen molar-refractivity contribution in [1.29, 1.82) is 0 Å². The van der Waals surface area contributed by atoms with E-state index in [-0.39, 0.29) is 12.4 Å². The lowest BCUT2D eigenvalue weighted by molar-refractivity contribution is -0.908. The average molecular weight is 176 g/mol. The highest BCUT2D eigenvalue weighted by Crippen LogP contribution is 2.15. The van der Waals surface area contributed by atoms with Crippen molar-refractivity contribution in [2.75, 3.05) is 26.7 Å². The minimum Gasteiger partial charge on any atom is -1.00 e. The van der Waals surface area contributed by atoms with Gasteiger partial charge < -0.3 is 16.9 Å². The van der Waals surface area contributed by atoms with Crippen molar-refractivity contribution in [1.82, 2.24) is 0 Å². The van der Waals surface area contributed by atoms with Gasteiger partial charge in [0.2, 0.25) is 0 Å². The Kier molecular flexibility index (Phi) is 4.78. The molecule has 1 saturated heterocycles. The van der Waals surface area contributed by atoms with E-state index < -0.39 is 0 Å². The summed E-state index contributed by atoms with van der Waals surface area (Å²) < 4.78 is 1.23. The lowest BCUT2D eigenvalue weighted by atomic mass is 10.1. The molecule has 0 saturated carbocycles. The van der Waals surface area contributed by atoms with Crippen LogP contribution in [0.1, 0.15) is 19.3 Å². The molecular formula is C9H18ClN. The molecule has 0 bridgehead atoms. The standard InChI is InChI=1S/C9H18N.ClH/c1-3-7-10(2)8-5-4-6-9-10;/h3H,1,4-9H2,2H3;1H/q+1;/p-1. The molecule has 1 aliphatic rings. The highest BCUT2D eigenvalue weighted by molar-refractivity contribution is 4.66. The van der Waals surface area contributed by atoms with Gasteiger partial charge in [-0.3, -0.25) is 0 Å². The van der Waals surface area contributed by atoms with Crippen molar-refractivity contribution in [3.8, 4) is 0 Å². The molecule has 0 atom stereocenters. The Labute approximate surface area is 76.1 Å². The van der Waals surface area contributed by atoms with Crippen molar-refractivity contribution in [3.05, 3.63) is 12.7 Å². The van der Waals surface area contributed by atoms with Gasteiger partial charge in [0, 0.05) is 0 Å². The van der Waals surface area contributed by atoms with Crippen LogP contribution in [0.2, 0.25) is 0 Å². The molecule has 1 nitrogen and oxygen atoms in total. The van der Waals surface area contributed by atoms with Crippen LogP contribution in [0.5, 0.6) is 0 Å². The van der Waals surface area contributed by atoms with E-state index in [4.69, 9.17) is 0 Å². The number of halogens is 1. The zero-order valence-electron chi connectivity index (χ0n) is 7.35. The Hall–Kier alpha value is -0.0100. The van der Waals surface area contributed by atoms with Crippen molar-refractivity contribution in [3.63, 3.8) is 0 Å². The smallest absolute Gasteiger partial charge is 0.0969 e. The molecule has 0 spiro atoms. The minimum atomic E-state index is 0. The van der Waals surface area contributed by atoms with Gasteiger partial charge in [0.1, 0.15) is 0 Å². The zero-order valence-corrected chi connectivity index (χ0v) is 8.11. The van der Waals surface area contributed by atoms with Gasteiger partial charge in [-0.1, -0.05) is 6.58 Å². The summed E-state index contributed by atoms with van der Waals surface area (Å²) >= 11 is 0. The van der Waals surface area contributed by atoms with E-state index >= 15 is 0 Å². The third-order valence-electron chi connectivity index (χ3n) is 2.47. The van der Waals surface area contributed by atoms with E-state index in [1.54, 1.807) is 0 Å². The fraction of sp³-hybridized carbons (Fsp3) is 0.778. The summed E-state index contributed by atoms with van der Waals surface area (Å²) in [5.74, 6) is 0. The van der Waals surface area contributed by atoms with Crippen molar-refractivity contribution in [2.24, 2.45) is 0 Å². The number of likely N-dealkylation sites (N-methyl/N-ethyl adjacent to an activating group) is 1. The maximum Gasteiger partial charge on any atom is 0.0969 e. The van der Waals surface area contributed by atoms with Crippen molar-refractivity contribution >= 4 is 0 Å². The van der Waals surface area contributed by atoms with Gasteiger partial charge in [0.25, 0.3) is 0 Å². The monoisotopic (exact) mass is 175 g/mol. The topological polar surface area (TPSA) is 0 Å². The third kappa shape index (κ3) is 3.26. The van der Waals surface area contributed by atoms with E-state index in [0.29, 0.717) is 0 Å². The average Bonchev–Trinajstić information content (AvgIpc) is 1.89. The number of likely N-dealkylation sites (tertiary alicyclic amines) is 1. The summed E-state index contributed by atoms with van der Waals surface area (Å²) in [4.78, 5) is 0. The van der Waals surface area contributed by atoms with E-state index in [1.807, 2.05) is 6.08 Å². The van der Waals surface area contributed by atoms with Crippen LogP contribution < -0.4 is 12.4 Å². The van der Waals surface area contributed by atoms with Gasteiger partial charge in [0.05, 0.1) is 26.7 Å². The van der Waals surface area contributed by atoms with Gasteiger partial charge in [-0.05, 0) is 25.3 Å². The van der Waals surface area contributed by atoms with Gasteiger partial charge in [-0.15, -0.1) is 0 Å². The van der Waals surface area contributed by atoms with Crippen LogP contribution in [0, 0.1) is 0 Å². The molecular weight excluding hydrogens is 158 g/mol. The molecule has 0 aliphatic carbocycles. The second kappa shape index (κ2) is 4.78. The molecule has 66 valence electrons. The number of hydrogen-bond acceptors (Lipinski definition) is 0. The summed E-state index contributed by atoms with van der Waals surface area (Å²) in [6.07, 6.45) is 6.30. The number of quaternary nitrogens is 1. The van der Waals surface area contributed by atoms with Gasteiger partial charge in [-0.25, -0.2) is 0 Å². The Morgan fingerprint density at radius 3 is 2.27 bits per heavy atom. The van der Waals surface area contributed by atoms with Crippen LogP contribution in [-0.4, -0.2) is 31.2 Å². The molecule has 1 heterocycles. The largest absolute Gasteiger partial charge is 1.00 e. The first-order valence-electron chi connectivity index (χ1n) is 4.21. The van der Waals surface area contributed by atoms with Crippen LogP contribution in [0.25, 0.3) is 0 Å². The van der Waals surface area contributed by atoms with Crippen LogP contribution in [0.15, 0.2) is 12.7 Å². The lowest BCUT2D eigenvalue weighted by Gasteiger charge is -2.36. The van der Waals surface area contributed by atoms with Crippen molar-refractivity contribution < 1.29 is 16.9 Å². The Balaban J connectivity index is 0.000001000. The predicted octanol–water partition coefficient (Wildman–Crippen LogP) is -1.19. The summed E-state index contributed by atoms with van der Waals surface area (Å²) in [5.41, 5.74) is 0. The maximum absolute atomic E-state index is 3.78. The first kappa shape index (κ1) is 11.0. The zero-order chi connectivity index (χ0) is 7.45. The fourth-order valence-electron chi connectivity index (χ4n) is 1.77. The Morgan fingerprint density at radius 2 is 1.82 bits per heavy atom. The van der Waals surface area contributed by atoms with Crippen LogP contribution in [0.4, 0.5) is 0 Å². The van der Waals surface area contributed by atoms with Crippen LogP contribution in [-0.2, 0) is 0 Å². The highest BCUT2D eigenvalue weighted by atomic mass is 35.5. The molecule has 0 amide bonds. The molecule has 1 aliphatic heterocycles. The van der Waals surface area contributed by atoms with E-state index in [0.717, 1.165) is 6.54 Å². The van der Waals surface area contributed by atoms with Crippen LogP contribution >= 0.6 is 0 Å². The quantitative estimate of drug-likeness (QED) is 0.366. The van der Waals surface area contributed by atoms with Gasteiger partial charge in [-0.2, -0.15) is 0 Å². The normalized spacial score (nSPS) is 21.9. The minimum absolute atomic E-state index is 0. The van der Waals surface area contributed by atoms with E-state index in [2.05, 4.69) is 13.6 Å². The molecule has 0 N–H and O–H groups in total. The molecule has 2 heteroatoms. The molecule has 1 rings (SSSR count). The molecule has 0 aromatic carbocycles. The highest BCUT2D eigenvalue weighted by Gasteiger charge is 2.22. The molecule has 0 aromatic heterocycles. The summed E-state index contributed by atoms with van der Waals surface area (Å²) in [6, 6.07) is 0. The van der Waals surface area contributed by atoms with Crippen LogP contribution in [0.3, 0.4) is 0 Å². The lowest BCUT2D eigenvalue weighted by Crippen LogP contribution is -3.00. The summed E-state index contributed by atoms with van der Waals surface area (Å²) in [7, 11) is 2.33. The summed E-state index contributed by atoms with van der Waals surface area (Å²) in [5, 5.41) is 0. The van der Waals surface area contributed by atoms with E-state index in [1.165, 1.54) is 36.8 Å². The first-order chi connectivity index (χ1) is 4.77. The van der Waals surface area contributed by atoms with Gasteiger partial charge >= 0.3 is 0 Å². The maximum atomic E-state index is 3.78. The predicted molar refractivity (Wildman–Crippen MR) is 44.8 cm³/mol. The fourth-order valence-corrected chi connectivity index (χ4v) is 1.77. The number of rotatable bonds is 2. The third-order valence-corrected chi connectivity index (χ3v) is 2.47. The Bertz CT molecular complexity index is 117. The number of nitrogens with zero attached hydrogens (tertiary/aromatic N) is 1. The summed E-state index contributed by atoms with van der Waals surface area (Å²) in [6.45, 7) is 7.64. The molecule has 1 fully saturated rings. The molecule has 0 radical (unpaired) electrons. The molecule has 11 heavy (non-hydrogen) atoms. The Morgan fingerprint density at radius 1 is 1.27 bits per heavy atom. The molecule has 0 aromatic rings. The number of piperidine rings is 1. The van der Waals surface area contributed by atoms with Gasteiger partial charge in [0.15, 0.2) is 0 Å². The second-order valence-corrected chi connectivity index (χ2v) is 3.60. The molecule has 0 unspecified atom stereocenters. The second-order valence-electron chi connectivity index (χ2n) is 3.60. The first-order valence-corrected chi connectivity index (χ1v) is 4.21. The van der Waals surface area contributed by atoms with E-state index in [9.17, 15) is 0 Å². The van der Waals surface area contributed by atoms with Crippen molar-refractivity contribution in [2.45, 2.75) is 19.3 Å². The SMILES string of the molecule is C=CC[N+]1(C)CCCCC1.[Cl-].